The van der Waals surface area contributed by atoms with E-state index in [4.69, 9.17) is 11.6 Å². The lowest BCUT2D eigenvalue weighted by atomic mass is 10.0. The number of halogens is 1. The van der Waals surface area contributed by atoms with Crippen molar-refractivity contribution in [2.24, 2.45) is 0 Å². The van der Waals surface area contributed by atoms with Crippen LogP contribution in [0.3, 0.4) is 0 Å². The zero-order valence-electron chi connectivity index (χ0n) is 12.6. The molecule has 1 saturated heterocycles. The lowest BCUT2D eigenvalue weighted by molar-refractivity contribution is 0.0913. The molecule has 1 aromatic carbocycles. The Morgan fingerprint density at radius 1 is 1.27 bits per heavy atom. The predicted octanol–water partition coefficient (Wildman–Crippen LogP) is 1.58. The Labute approximate surface area is 136 Å². The smallest absolute Gasteiger partial charge is 0.251 e. The van der Waals surface area contributed by atoms with Crippen LogP contribution in [0, 0.1) is 0 Å². The third-order valence-electron chi connectivity index (χ3n) is 3.81. The summed E-state index contributed by atoms with van der Waals surface area (Å²) < 4.78 is 22.3. The van der Waals surface area contributed by atoms with E-state index in [-0.39, 0.29) is 17.7 Å². The van der Waals surface area contributed by atoms with E-state index in [1.54, 1.807) is 24.3 Å². The first-order valence-electron chi connectivity index (χ1n) is 7.30. The molecule has 1 heterocycles. The molecule has 1 aliphatic heterocycles. The molecule has 0 aliphatic carbocycles. The molecule has 5 nitrogen and oxygen atoms in total. The number of piperidine rings is 1. The van der Waals surface area contributed by atoms with Gasteiger partial charge in [-0.15, -0.1) is 0 Å². The maximum Gasteiger partial charge on any atom is 0.251 e. The summed E-state index contributed by atoms with van der Waals surface area (Å²) in [5.41, 5.74) is 0.601. The molecule has 122 valence electrons. The molecule has 0 radical (unpaired) electrons. The van der Waals surface area contributed by atoms with Crippen molar-refractivity contribution in [2.75, 3.05) is 31.6 Å². The van der Waals surface area contributed by atoms with Gasteiger partial charge in [0.2, 0.25) is 0 Å². The van der Waals surface area contributed by atoms with Crippen LogP contribution >= 0.6 is 11.6 Å². The minimum Gasteiger partial charge on any atom is -0.349 e. The zero-order valence-corrected chi connectivity index (χ0v) is 14.2. The highest BCUT2D eigenvalue weighted by molar-refractivity contribution is 7.90. The Kier molecular flexibility index (Phi) is 5.83. The van der Waals surface area contributed by atoms with Gasteiger partial charge < -0.3 is 10.2 Å². The maximum absolute atomic E-state index is 12.1. The molecule has 1 aliphatic rings. The van der Waals surface area contributed by atoms with Crippen LogP contribution in [0.2, 0.25) is 5.02 Å². The summed E-state index contributed by atoms with van der Waals surface area (Å²) in [6.45, 7) is 2.18. The molecule has 1 N–H and O–H groups in total. The normalized spacial score (nSPS) is 17.4. The van der Waals surface area contributed by atoms with Crippen molar-refractivity contribution in [3.05, 3.63) is 34.9 Å². The van der Waals surface area contributed by atoms with Gasteiger partial charge in [-0.2, -0.15) is 0 Å². The second-order valence-electron chi connectivity index (χ2n) is 5.73. The summed E-state index contributed by atoms with van der Waals surface area (Å²) in [5, 5.41) is 3.63. The van der Waals surface area contributed by atoms with Crippen LogP contribution in [-0.2, 0) is 9.84 Å². The van der Waals surface area contributed by atoms with E-state index in [0.29, 0.717) is 17.1 Å². The SMILES string of the molecule is CS(=O)(=O)CCN1CCC(NC(=O)c2ccc(Cl)cc2)CC1. The molecule has 7 heteroatoms. The minimum atomic E-state index is -2.92. The fourth-order valence-corrected chi connectivity index (χ4v) is 3.18. The maximum atomic E-state index is 12.1. The molecule has 2 rings (SSSR count). The number of carbonyl (C=O) groups is 1. The van der Waals surface area contributed by atoms with Crippen molar-refractivity contribution in [1.82, 2.24) is 10.2 Å². The monoisotopic (exact) mass is 344 g/mol. The molecule has 0 aromatic heterocycles. The van der Waals surface area contributed by atoms with Crippen LogP contribution in [0.15, 0.2) is 24.3 Å². The fourth-order valence-electron chi connectivity index (χ4n) is 2.47. The van der Waals surface area contributed by atoms with Crippen molar-refractivity contribution in [3.63, 3.8) is 0 Å². The molecule has 1 aromatic rings. The average molecular weight is 345 g/mol. The largest absolute Gasteiger partial charge is 0.349 e. The van der Waals surface area contributed by atoms with Gasteiger partial charge in [-0.3, -0.25) is 4.79 Å². The molecular weight excluding hydrogens is 324 g/mol. The molecule has 0 spiro atoms. The minimum absolute atomic E-state index is 0.0914. The van der Waals surface area contributed by atoms with Crippen molar-refractivity contribution in [2.45, 2.75) is 18.9 Å². The molecule has 0 bridgehead atoms. The number of nitrogens with zero attached hydrogens (tertiary/aromatic N) is 1. The van der Waals surface area contributed by atoms with Gasteiger partial charge in [-0.1, -0.05) is 11.6 Å². The van der Waals surface area contributed by atoms with Gasteiger partial charge in [0.25, 0.3) is 5.91 Å². The van der Waals surface area contributed by atoms with Crippen molar-refractivity contribution < 1.29 is 13.2 Å². The third-order valence-corrected chi connectivity index (χ3v) is 4.98. The Bertz CT molecular complexity index is 608. The highest BCUT2D eigenvalue weighted by Crippen LogP contribution is 2.13. The first kappa shape index (κ1) is 17.2. The molecule has 0 atom stereocenters. The second kappa shape index (κ2) is 7.44. The first-order valence-corrected chi connectivity index (χ1v) is 9.74. The van der Waals surface area contributed by atoms with Gasteiger partial charge in [0.05, 0.1) is 5.75 Å². The number of amides is 1. The van der Waals surface area contributed by atoms with E-state index in [9.17, 15) is 13.2 Å². The van der Waals surface area contributed by atoms with E-state index in [0.717, 1.165) is 25.9 Å². The highest BCUT2D eigenvalue weighted by Gasteiger charge is 2.21. The van der Waals surface area contributed by atoms with Gasteiger partial charge in [-0.05, 0) is 37.1 Å². The Morgan fingerprint density at radius 2 is 1.86 bits per heavy atom. The second-order valence-corrected chi connectivity index (χ2v) is 8.42. The van der Waals surface area contributed by atoms with Crippen LogP contribution in [0.4, 0.5) is 0 Å². The molecule has 0 unspecified atom stereocenters. The van der Waals surface area contributed by atoms with Crippen LogP contribution in [0.25, 0.3) is 0 Å². The van der Waals surface area contributed by atoms with Gasteiger partial charge in [0.15, 0.2) is 0 Å². The number of rotatable bonds is 5. The predicted molar refractivity (Wildman–Crippen MR) is 88.1 cm³/mol. The molecule has 1 fully saturated rings. The summed E-state index contributed by atoms with van der Waals surface area (Å²) in [6.07, 6.45) is 2.93. The summed E-state index contributed by atoms with van der Waals surface area (Å²) in [7, 11) is -2.92. The lowest BCUT2D eigenvalue weighted by Crippen LogP contribution is -2.45. The summed E-state index contributed by atoms with van der Waals surface area (Å²) in [6, 6.07) is 6.95. The van der Waals surface area contributed by atoms with E-state index in [1.807, 2.05) is 0 Å². The van der Waals surface area contributed by atoms with E-state index < -0.39 is 9.84 Å². The lowest BCUT2D eigenvalue weighted by Gasteiger charge is -2.32. The van der Waals surface area contributed by atoms with Crippen LogP contribution in [-0.4, -0.2) is 56.9 Å². The van der Waals surface area contributed by atoms with Gasteiger partial charge in [-0.25, -0.2) is 8.42 Å². The fraction of sp³-hybridized carbons (Fsp3) is 0.533. The van der Waals surface area contributed by atoms with Gasteiger partial charge in [0.1, 0.15) is 9.84 Å². The molecule has 0 saturated carbocycles. The van der Waals surface area contributed by atoms with Crippen molar-refractivity contribution in [1.29, 1.82) is 0 Å². The summed E-state index contributed by atoms with van der Waals surface area (Å²) in [5.74, 6) is 0.0979. The van der Waals surface area contributed by atoms with E-state index in [1.165, 1.54) is 6.26 Å². The van der Waals surface area contributed by atoms with E-state index in [2.05, 4.69) is 10.2 Å². The standard InChI is InChI=1S/C15H21ClN2O3S/c1-22(20,21)11-10-18-8-6-14(7-9-18)17-15(19)12-2-4-13(16)5-3-12/h2-5,14H,6-11H2,1H3,(H,17,19). The topological polar surface area (TPSA) is 66.5 Å². The Balaban J connectivity index is 1.77. The quantitative estimate of drug-likeness (QED) is 0.880. The number of hydrogen-bond acceptors (Lipinski definition) is 4. The number of nitrogens with one attached hydrogen (secondary N) is 1. The highest BCUT2D eigenvalue weighted by atomic mass is 35.5. The van der Waals surface area contributed by atoms with Crippen LogP contribution in [0.1, 0.15) is 23.2 Å². The first-order chi connectivity index (χ1) is 10.3. The zero-order chi connectivity index (χ0) is 16.2. The number of sulfone groups is 1. The van der Waals surface area contributed by atoms with Crippen LogP contribution in [0.5, 0.6) is 0 Å². The van der Waals surface area contributed by atoms with Crippen molar-refractivity contribution in [3.8, 4) is 0 Å². The number of likely N-dealkylation sites (tertiary alicyclic amines) is 1. The average Bonchev–Trinajstić information content (AvgIpc) is 2.46. The molecular formula is C15H21ClN2O3S. The Hall–Kier alpha value is -1.11. The number of hydrogen-bond donors (Lipinski definition) is 1. The number of benzene rings is 1. The van der Waals surface area contributed by atoms with E-state index >= 15 is 0 Å². The molecule has 22 heavy (non-hydrogen) atoms. The van der Waals surface area contributed by atoms with Crippen molar-refractivity contribution >= 4 is 27.3 Å². The summed E-state index contributed by atoms with van der Waals surface area (Å²) >= 11 is 5.81. The summed E-state index contributed by atoms with van der Waals surface area (Å²) in [4.78, 5) is 14.2. The Morgan fingerprint density at radius 3 is 2.41 bits per heavy atom. The molecule has 1 amide bonds. The van der Waals surface area contributed by atoms with Gasteiger partial charge >= 0.3 is 0 Å². The number of carbonyl (C=O) groups excluding carboxylic acids is 1. The van der Waals surface area contributed by atoms with Crippen LogP contribution < -0.4 is 5.32 Å². The van der Waals surface area contributed by atoms with Gasteiger partial charge in [0, 0.05) is 42.5 Å². The third kappa shape index (κ3) is 5.59.